The summed E-state index contributed by atoms with van der Waals surface area (Å²) >= 11 is 3.54. The van der Waals surface area contributed by atoms with Gasteiger partial charge in [-0.2, -0.15) is 8.42 Å². The topological polar surface area (TPSA) is 108 Å². The molecule has 2 unspecified atom stereocenters. The summed E-state index contributed by atoms with van der Waals surface area (Å²) in [4.78, 5) is 11.5. The Morgan fingerprint density at radius 2 is 1.97 bits per heavy atom. The normalized spacial score (nSPS) is 22.2. The van der Waals surface area contributed by atoms with Gasteiger partial charge in [-0.25, -0.2) is 4.99 Å². The molecule has 0 spiro atoms. The van der Waals surface area contributed by atoms with Gasteiger partial charge in [0.1, 0.15) is 5.84 Å². The van der Waals surface area contributed by atoms with Crippen molar-refractivity contribution in [1.82, 2.24) is 4.90 Å². The highest BCUT2D eigenvalue weighted by molar-refractivity contribution is 9.10. The van der Waals surface area contributed by atoms with Crippen molar-refractivity contribution >= 4 is 37.8 Å². The molecule has 3 N–H and O–H groups in total. The number of hydrogen-bond acceptors (Lipinski definition) is 6. The zero-order valence-corrected chi connectivity index (χ0v) is 18.2. The molecule has 7 nitrogen and oxygen atoms in total. The molecule has 0 saturated carbocycles. The van der Waals surface area contributed by atoms with Gasteiger partial charge in [-0.1, -0.05) is 52.3 Å². The summed E-state index contributed by atoms with van der Waals surface area (Å²) in [6.45, 7) is 2.84. The van der Waals surface area contributed by atoms with Crippen LogP contribution in [0, 0.1) is 0 Å². The van der Waals surface area contributed by atoms with E-state index in [1.807, 2.05) is 53.4 Å². The second-order valence-corrected chi connectivity index (χ2v) is 10.0. The van der Waals surface area contributed by atoms with Crippen LogP contribution in [-0.2, 0) is 22.1 Å². The molecular formula is C20H21BrN4O3S. The number of benzene rings is 2. The molecule has 4 rings (SSSR count). The first-order chi connectivity index (χ1) is 13.7. The van der Waals surface area contributed by atoms with E-state index < -0.39 is 20.9 Å². The van der Waals surface area contributed by atoms with Gasteiger partial charge < -0.3 is 5.73 Å². The third-order valence-electron chi connectivity index (χ3n) is 5.37. The van der Waals surface area contributed by atoms with Crippen molar-refractivity contribution in [2.75, 3.05) is 13.1 Å². The molecule has 0 radical (unpaired) electrons. The van der Waals surface area contributed by atoms with Gasteiger partial charge >= 0.3 is 0 Å². The highest BCUT2D eigenvalue weighted by Gasteiger charge is 2.49. The molecule has 2 aliphatic rings. The Hall–Kier alpha value is -2.23. The van der Waals surface area contributed by atoms with E-state index in [1.54, 1.807) is 0 Å². The Morgan fingerprint density at radius 1 is 1.24 bits per heavy atom. The number of nitrogens with two attached hydrogens (primary N) is 1. The summed E-state index contributed by atoms with van der Waals surface area (Å²) in [7, 11) is -4.08. The monoisotopic (exact) mass is 476 g/mol. The molecule has 2 atom stereocenters. The van der Waals surface area contributed by atoms with Gasteiger partial charge in [0.25, 0.3) is 10.1 Å². The van der Waals surface area contributed by atoms with Crippen LogP contribution in [0.5, 0.6) is 0 Å². The van der Waals surface area contributed by atoms with Gasteiger partial charge in [0.05, 0.1) is 11.8 Å². The lowest BCUT2D eigenvalue weighted by Gasteiger charge is -2.28. The number of halogens is 1. The molecule has 0 aliphatic carbocycles. The van der Waals surface area contributed by atoms with E-state index >= 15 is 0 Å². The van der Waals surface area contributed by atoms with Gasteiger partial charge in [-0.15, -0.1) is 0 Å². The Bertz CT molecular complexity index is 1110. The van der Waals surface area contributed by atoms with Crippen molar-refractivity contribution in [3.05, 3.63) is 69.7 Å². The van der Waals surface area contributed by atoms with Crippen LogP contribution < -0.4 is 5.73 Å². The Morgan fingerprint density at radius 3 is 2.62 bits per heavy atom. The van der Waals surface area contributed by atoms with Gasteiger partial charge in [0, 0.05) is 11.0 Å². The van der Waals surface area contributed by atoms with Crippen LogP contribution >= 0.6 is 15.9 Å². The Labute approximate surface area is 178 Å². The van der Waals surface area contributed by atoms with Crippen LogP contribution in [0.4, 0.5) is 0 Å². The zero-order valence-electron chi connectivity index (χ0n) is 15.8. The van der Waals surface area contributed by atoms with Crippen LogP contribution in [0.2, 0.25) is 0 Å². The third kappa shape index (κ3) is 3.47. The van der Waals surface area contributed by atoms with Crippen LogP contribution in [0.25, 0.3) is 0 Å². The van der Waals surface area contributed by atoms with E-state index in [1.165, 1.54) is 6.92 Å². The smallest absolute Gasteiger partial charge is 0.267 e. The number of guanidine groups is 1. The minimum Gasteiger partial charge on any atom is -0.369 e. The quantitative estimate of drug-likeness (QED) is 0.644. The van der Waals surface area contributed by atoms with Crippen molar-refractivity contribution in [2.24, 2.45) is 15.7 Å². The molecule has 2 aliphatic heterocycles. The molecule has 0 fully saturated rings. The summed E-state index contributed by atoms with van der Waals surface area (Å²) in [5.74, 6) is 1.23. The molecular weight excluding hydrogens is 456 g/mol. The molecule has 2 heterocycles. The predicted octanol–water partition coefficient (Wildman–Crippen LogP) is 2.55. The average molecular weight is 477 g/mol. The maximum Gasteiger partial charge on any atom is 0.267 e. The predicted molar refractivity (Wildman–Crippen MR) is 117 cm³/mol. The minimum absolute atomic E-state index is 0.224. The van der Waals surface area contributed by atoms with Crippen LogP contribution in [0.1, 0.15) is 23.6 Å². The fourth-order valence-electron chi connectivity index (χ4n) is 3.85. The number of hydrogen-bond donors (Lipinski definition) is 2. The maximum atomic E-state index is 11.3. The van der Waals surface area contributed by atoms with E-state index in [9.17, 15) is 13.0 Å². The number of aliphatic imine (C=N–C) groups is 2. The minimum atomic E-state index is -4.08. The summed E-state index contributed by atoms with van der Waals surface area (Å²) in [5.41, 5.74) is 8.04. The largest absolute Gasteiger partial charge is 0.369 e. The van der Waals surface area contributed by atoms with Crippen LogP contribution in [0.15, 0.2) is 63.0 Å². The zero-order chi connectivity index (χ0) is 20.8. The van der Waals surface area contributed by atoms with Crippen molar-refractivity contribution in [1.29, 1.82) is 0 Å². The van der Waals surface area contributed by atoms with Crippen molar-refractivity contribution in [2.45, 2.75) is 24.1 Å². The van der Waals surface area contributed by atoms with E-state index in [0.29, 0.717) is 19.0 Å². The van der Waals surface area contributed by atoms with Gasteiger partial charge in [-0.3, -0.25) is 14.4 Å². The molecule has 0 aromatic heterocycles. The van der Waals surface area contributed by atoms with Crippen molar-refractivity contribution in [3.63, 3.8) is 0 Å². The molecule has 9 heteroatoms. The van der Waals surface area contributed by atoms with Crippen LogP contribution in [0.3, 0.4) is 0 Å². The molecule has 2 aromatic carbocycles. The molecule has 0 saturated heterocycles. The fraction of sp³-hybridized carbons (Fsp3) is 0.300. The second kappa shape index (κ2) is 7.23. The maximum absolute atomic E-state index is 11.3. The summed E-state index contributed by atoms with van der Waals surface area (Å²) in [6, 6.07) is 15.5. The van der Waals surface area contributed by atoms with E-state index in [4.69, 9.17) is 15.7 Å². The lowest BCUT2D eigenvalue weighted by Crippen LogP contribution is -2.41. The summed E-state index contributed by atoms with van der Waals surface area (Å²) in [5, 5.41) is -0.873. The highest BCUT2D eigenvalue weighted by Crippen LogP contribution is 2.42. The number of nitrogens with zero attached hydrogens (tertiary/aromatic N) is 3. The number of rotatable bonds is 5. The molecule has 2 aromatic rings. The lowest BCUT2D eigenvalue weighted by atomic mass is 9.82. The second-order valence-electron chi connectivity index (χ2n) is 7.27. The number of fused-ring (bicyclic) bond motifs is 1. The van der Waals surface area contributed by atoms with Gasteiger partial charge in [0.15, 0.2) is 11.5 Å². The first-order valence-corrected chi connectivity index (χ1v) is 11.5. The van der Waals surface area contributed by atoms with E-state index in [0.717, 1.165) is 27.0 Å². The SMILES string of the molecule is CC(Cc1ccc(C2(c3cccc(Br)c3)N=C(N)N3CCN=C32)cc1)S(=O)(=O)O. The van der Waals surface area contributed by atoms with E-state index in [2.05, 4.69) is 15.9 Å². The lowest BCUT2D eigenvalue weighted by molar-refractivity contribution is 0.469. The molecule has 0 amide bonds. The number of amidine groups is 1. The first-order valence-electron chi connectivity index (χ1n) is 9.21. The van der Waals surface area contributed by atoms with Crippen molar-refractivity contribution in [3.8, 4) is 0 Å². The molecule has 0 bridgehead atoms. The fourth-order valence-corrected chi connectivity index (χ4v) is 4.65. The van der Waals surface area contributed by atoms with Crippen LogP contribution in [-0.4, -0.2) is 48.0 Å². The third-order valence-corrected chi connectivity index (χ3v) is 7.05. The Kier molecular flexibility index (Phi) is 5.00. The Balaban J connectivity index is 1.80. The standard InChI is InChI=1S/C20H21BrN4O3S/c1-13(29(26,27)28)11-14-5-7-15(8-6-14)20(16-3-2-4-17(21)12-16)18-23-9-10-25(18)19(22)24-20/h2-8,12-13H,9-11H2,1H3,(H2,22,24)(H,26,27,28). The molecule has 152 valence electrons. The average Bonchev–Trinajstić information content (AvgIpc) is 3.25. The highest BCUT2D eigenvalue weighted by atomic mass is 79.9. The van der Waals surface area contributed by atoms with Crippen molar-refractivity contribution < 1.29 is 13.0 Å². The molecule has 29 heavy (non-hydrogen) atoms. The summed E-state index contributed by atoms with van der Waals surface area (Å²) < 4.78 is 32.8. The van der Waals surface area contributed by atoms with Gasteiger partial charge in [0.2, 0.25) is 0 Å². The van der Waals surface area contributed by atoms with E-state index in [-0.39, 0.29) is 6.42 Å². The first kappa shape index (κ1) is 20.1. The summed E-state index contributed by atoms with van der Waals surface area (Å²) in [6.07, 6.45) is 0.224. The van der Waals surface area contributed by atoms with Gasteiger partial charge in [-0.05, 0) is 42.2 Å².